The molecule has 4 rings (SSSR count). The average molecular weight is 458 g/mol. The van der Waals surface area contributed by atoms with Gasteiger partial charge in [-0.25, -0.2) is 20.4 Å². The third-order valence-corrected chi connectivity index (χ3v) is 4.92. The number of carbonyl (C=O) groups is 2. The number of nitrogens with zero attached hydrogens (tertiary/aromatic N) is 2. The summed E-state index contributed by atoms with van der Waals surface area (Å²) in [6.07, 6.45) is 0. The molecular weight excluding hydrogens is 440 g/mol. The summed E-state index contributed by atoms with van der Waals surface area (Å²) in [5.74, 6) is -2.24. The van der Waals surface area contributed by atoms with Crippen LogP contribution in [0.1, 0.15) is 25.0 Å². The molecule has 2 aromatic heterocycles. The van der Waals surface area contributed by atoms with Crippen LogP contribution < -0.4 is 22.1 Å². The minimum absolute atomic E-state index is 0.135. The third-order valence-electron chi connectivity index (χ3n) is 4.92. The first-order valence-electron chi connectivity index (χ1n) is 10.1. The Morgan fingerprint density at radius 2 is 1.06 bits per heavy atom. The Labute approximate surface area is 191 Å². The van der Waals surface area contributed by atoms with Gasteiger partial charge in [0.2, 0.25) is 0 Å². The van der Waals surface area contributed by atoms with Gasteiger partial charge in [-0.15, -0.1) is 0 Å². The van der Waals surface area contributed by atoms with Gasteiger partial charge in [-0.3, -0.25) is 9.59 Å². The molecule has 2 N–H and O–H groups in total. The number of hydrazone groups is 2. The highest BCUT2D eigenvalue weighted by Crippen LogP contribution is 2.14. The molecule has 10 heteroatoms. The zero-order valence-corrected chi connectivity index (χ0v) is 18.1. The quantitative estimate of drug-likeness (QED) is 0.208. The fourth-order valence-corrected chi connectivity index (χ4v) is 3.12. The van der Waals surface area contributed by atoms with Crippen molar-refractivity contribution in [2.24, 2.45) is 10.2 Å². The van der Waals surface area contributed by atoms with Crippen molar-refractivity contribution < 1.29 is 18.4 Å². The smallest absolute Gasteiger partial charge is 0.345 e. The molecule has 0 aliphatic heterocycles. The van der Waals surface area contributed by atoms with Crippen molar-refractivity contribution in [2.45, 2.75) is 13.8 Å². The van der Waals surface area contributed by atoms with Crippen molar-refractivity contribution in [2.75, 3.05) is 0 Å². The van der Waals surface area contributed by atoms with E-state index in [4.69, 9.17) is 8.83 Å². The summed E-state index contributed by atoms with van der Waals surface area (Å²) < 4.78 is 10.5. The predicted molar refractivity (Wildman–Crippen MR) is 126 cm³/mol. The molecule has 0 bridgehead atoms. The number of benzene rings is 2. The average Bonchev–Trinajstić information content (AvgIpc) is 2.84. The normalized spacial score (nSPS) is 12.1. The molecule has 0 spiro atoms. The van der Waals surface area contributed by atoms with E-state index in [1.165, 1.54) is 13.8 Å². The zero-order chi connectivity index (χ0) is 24.2. The van der Waals surface area contributed by atoms with E-state index in [2.05, 4.69) is 21.1 Å². The van der Waals surface area contributed by atoms with Crippen LogP contribution in [0.25, 0.3) is 21.9 Å². The molecule has 2 heterocycles. The first kappa shape index (κ1) is 22.3. The number of amides is 2. The molecule has 10 nitrogen and oxygen atoms in total. The second-order valence-electron chi connectivity index (χ2n) is 7.25. The second kappa shape index (κ2) is 9.33. The number of hydrogen-bond donors (Lipinski definition) is 2. The van der Waals surface area contributed by atoms with Gasteiger partial charge in [-0.1, -0.05) is 36.4 Å². The highest BCUT2D eigenvalue weighted by molar-refractivity contribution is 6.35. The summed E-state index contributed by atoms with van der Waals surface area (Å²) in [4.78, 5) is 48.5. The molecule has 34 heavy (non-hydrogen) atoms. The van der Waals surface area contributed by atoms with Gasteiger partial charge in [0.1, 0.15) is 11.2 Å². The molecule has 0 unspecified atom stereocenters. The van der Waals surface area contributed by atoms with Crippen molar-refractivity contribution in [3.8, 4) is 0 Å². The van der Waals surface area contributed by atoms with E-state index in [0.29, 0.717) is 21.9 Å². The summed E-state index contributed by atoms with van der Waals surface area (Å²) >= 11 is 0. The van der Waals surface area contributed by atoms with Gasteiger partial charge in [0, 0.05) is 10.8 Å². The highest BCUT2D eigenvalue weighted by atomic mass is 16.4. The lowest BCUT2D eigenvalue weighted by molar-refractivity contribution is -0.139. The summed E-state index contributed by atoms with van der Waals surface area (Å²) in [6, 6.07) is 17.0. The highest BCUT2D eigenvalue weighted by Gasteiger charge is 2.15. The molecule has 0 saturated heterocycles. The lowest BCUT2D eigenvalue weighted by atomic mass is 10.1. The second-order valence-corrected chi connectivity index (χ2v) is 7.25. The Morgan fingerprint density at radius 1 is 0.676 bits per heavy atom. The summed E-state index contributed by atoms with van der Waals surface area (Å²) in [5.41, 5.74) is 4.26. The van der Waals surface area contributed by atoms with Gasteiger partial charge < -0.3 is 8.83 Å². The van der Waals surface area contributed by atoms with Crippen LogP contribution in [0.15, 0.2) is 89.3 Å². The first-order valence-corrected chi connectivity index (χ1v) is 10.1. The fraction of sp³-hybridized carbons (Fsp3) is 0.0833. The standard InChI is InChI=1S/C24H18N4O6/c1-13(17-11-15-7-3-5-9-19(15)33-23(17)31)25-27-21(29)22(30)28-26-14(2)18-12-16-8-4-6-10-20(16)34-24(18)32/h3-12H,1-2H3,(H,27,29)(H,28,30)/b25-13-,26-14-. The van der Waals surface area contributed by atoms with Gasteiger partial charge in [0.25, 0.3) is 0 Å². The number of nitrogens with one attached hydrogen (secondary N) is 2. The third kappa shape index (κ3) is 4.65. The predicted octanol–water partition coefficient (Wildman–Crippen LogP) is 2.28. The molecule has 0 aliphatic rings. The monoisotopic (exact) mass is 458 g/mol. The Balaban J connectivity index is 1.45. The van der Waals surface area contributed by atoms with E-state index in [1.54, 1.807) is 60.7 Å². The Morgan fingerprint density at radius 3 is 1.47 bits per heavy atom. The number of carbonyl (C=O) groups excluding carboxylic acids is 2. The molecule has 0 saturated carbocycles. The maximum Gasteiger partial charge on any atom is 0.345 e. The van der Waals surface area contributed by atoms with E-state index >= 15 is 0 Å². The number of para-hydroxylation sites is 2. The Bertz CT molecular complexity index is 1490. The maximum atomic E-state index is 12.2. The van der Waals surface area contributed by atoms with E-state index in [1.807, 2.05) is 0 Å². The van der Waals surface area contributed by atoms with Gasteiger partial charge in [-0.05, 0) is 38.1 Å². The lowest BCUT2D eigenvalue weighted by Crippen LogP contribution is -2.36. The largest absolute Gasteiger partial charge is 0.422 e. The van der Waals surface area contributed by atoms with Gasteiger partial charge >= 0.3 is 23.1 Å². The first-order chi connectivity index (χ1) is 16.3. The summed E-state index contributed by atoms with van der Waals surface area (Å²) in [7, 11) is 0. The van der Waals surface area contributed by atoms with Crippen molar-refractivity contribution >= 4 is 45.2 Å². The minimum Gasteiger partial charge on any atom is -0.422 e. The SMILES string of the molecule is C/C(=N/NC(=O)C(=O)N/N=C(/C)c1cc2ccccc2oc1=O)c1cc2ccccc2oc1=O. The Kier molecular flexibility index (Phi) is 6.13. The molecule has 170 valence electrons. The van der Waals surface area contributed by atoms with Crippen molar-refractivity contribution in [3.05, 3.63) is 92.6 Å². The van der Waals surface area contributed by atoms with Crippen molar-refractivity contribution in [3.63, 3.8) is 0 Å². The van der Waals surface area contributed by atoms with E-state index < -0.39 is 23.1 Å². The van der Waals surface area contributed by atoms with Crippen molar-refractivity contribution in [1.29, 1.82) is 0 Å². The van der Waals surface area contributed by atoms with Crippen LogP contribution in [0, 0.1) is 0 Å². The van der Waals surface area contributed by atoms with Crippen molar-refractivity contribution in [1.82, 2.24) is 10.9 Å². The van der Waals surface area contributed by atoms with Crippen LogP contribution in [0.3, 0.4) is 0 Å². The number of rotatable bonds is 4. The van der Waals surface area contributed by atoms with Gasteiger partial charge in [0.05, 0.1) is 22.6 Å². The van der Waals surface area contributed by atoms with Crippen LogP contribution >= 0.6 is 0 Å². The lowest BCUT2D eigenvalue weighted by Gasteiger charge is -2.04. The zero-order valence-electron chi connectivity index (χ0n) is 18.1. The van der Waals surface area contributed by atoms with Crippen LogP contribution in [0.2, 0.25) is 0 Å². The van der Waals surface area contributed by atoms with Crippen LogP contribution in [-0.4, -0.2) is 23.2 Å². The maximum absolute atomic E-state index is 12.2. The van der Waals surface area contributed by atoms with Gasteiger partial charge in [-0.2, -0.15) is 10.2 Å². The van der Waals surface area contributed by atoms with E-state index in [0.717, 1.165) is 0 Å². The number of fused-ring (bicyclic) bond motifs is 2. The van der Waals surface area contributed by atoms with Crippen LogP contribution in [-0.2, 0) is 9.59 Å². The molecule has 0 aliphatic carbocycles. The fourth-order valence-electron chi connectivity index (χ4n) is 3.12. The van der Waals surface area contributed by atoms with Crippen LogP contribution in [0.5, 0.6) is 0 Å². The molecule has 0 atom stereocenters. The van der Waals surface area contributed by atoms with Crippen LogP contribution in [0.4, 0.5) is 0 Å². The summed E-state index contributed by atoms with van der Waals surface area (Å²) in [5, 5.41) is 8.96. The Hall–Kier alpha value is -4.86. The van der Waals surface area contributed by atoms with Gasteiger partial charge in [0.15, 0.2) is 0 Å². The molecule has 0 radical (unpaired) electrons. The number of hydrogen-bond acceptors (Lipinski definition) is 8. The molecule has 2 amide bonds. The summed E-state index contributed by atoms with van der Waals surface area (Å²) in [6.45, 7) is 2.97. The minimum atomic E-state index is -1.12. The molecule has 2 aromatic carbocycles. The van der Waals surface area contributed by atoms with E-state index in [-0.39, 0.29) is 22.6 Å². The topological polar surface area (TPSA) is 143 Å². The van der Waals surface area contributed by atoms with E-state index in [9.17, 15) is 19.2 Å². The molecule has 0 fully saturated rings. The molecule has 4 aromatic rings. The molecular formula is C24H18N4O6.